The second-order valence-corrected chi connectivity index (χ2v) is 3.17. The number of nitrogens with zero attached hydrogens (tertiary/aromatic N) is 3. The number of hydrogen-bond acceptors (Lipinski definition) is 6. The van der Waals surface area contributed by atoms with E-state index in [0.717, 1.165) is 5.69 Å². The minimum atomic E-state index is -0.445. The van der Waals surface area contributed by atoms with Crippen molar-refractivity contribution in [3.8, 4) is 5.88 Å². The largest absolute Gasteiger partial charge is 0.404 e. The zero-order valence-electron chi connectivity index (χ0n) is 9.12. The molecule has 0 atom stereocenters. The molecule has 6 heteroatoms. The lowest BCUT2D eigenvalue weighted by Crippen LogP contribution is -2.06. The summed E-state index contributed by atoms with van der Waals surface area (Å²) in [5.41, 5.74) is 0.737. The third-order valence-corrected chi connectivity index (χ3v) is 1.83. The number of rotatable bonds is 3. The first-order chi connectivity index (χ1) is 8.25. The summed E-state index contributed by atoms with van der Waals surface area (Å²) in [6, 6.07) is 3.60. The summed E-state index contributed by atoms with van der Waals surface area (Å²) in [7, 11) is 0. The molecule has 17 heavy (non-hydrogen) atoms. The maximum atomic E-state index is 10.9. The van der Waals surface area contributed by atoms with Crippen LogP contribution in [0, 0.1) is 0 Å². The van der Waals surface area contributed by atoms with E-state index in [-0.39, 0.29) is 5.88 Å². The molecule has 0 fully saturated rings. The number of hydrogen-bond donors (Lipinski definition) is 1. The van der Waals surface area contributed by atoms with Crippen molar-refractivity contribution in [2.75, 3.05) is 5.32 Å². The molecule has 0 aliphatic heterocycles. The Morgan fingerprint density at radius 1 is 1.29 bits per heavy atom. The number of carbonyl (C=O) groups excluding carboxylic acids is 1. The molecule has 2 heterocycles. The lowest BCUT2D eigenvalue weighted by atomic mass is 10.4. The minimum absolute atomic E-state index is 0.142. The molecule has 0 saturated heterocycles. The van der Waals surface area contributed by atoms with E-state index < -0.39 is 5.97 Å². The molecule has 0 radical (unpaired) electrons. The number of anilines is 2. The molecule has 0 unspecified atom stereocenters. The Balaban J connectivity index is 2.23. The Hall–Kier alpha value is -2.50. The Morgan fingerprint density at radius 3 is 2.82 bits per heavy atom. The number of aromatic nitrogens is 3. The molecule has 86 valence electrons. The summed E-state index contributed by atoms with van der Waals surface area (Å²) in [6.45, 7) is 1.31. The molecule has 0 aliphatic carbocycles. The van der Waals surface area contributed by atoms with Gasteiger partial charge in [-0.1, -0.05) is 0 Å². The maximum Gasteiger partial charge on any atom is 0.309 e. The monoisotopic (exact) mass is 230 g/mol. The van der Waals surface area contributed by atoms with Crippen LogP contribution in [-0.4, -0.2) is 20.9 Å². The average molecular weight is 230 g/mol. The van der Waals surface area contributed by atoms with E-state index in [2.05, 4.69) is 20.3 Å². The van der Waals surface area contributed by atoms with Gasteiger partial charge in [-0.25, -0.2) is 9.97 Å². The standard InChI is InChI=1S/C11H10N4O2/c1-8(16)17-11-10(13-5-6-14-11)15-9-3-2-4-12-7-9/h2-7H,1H3,(H,13,15). The third kappa shape index (κ3) is 2.97. The Labute approximate surface area is 97.7 Å². The first-order valence-electron chi connectivity index (χ1n) is 4.92. The quantitative estimate of drug-likeness (QED) is 0.806. The van der Waals surface area contributed by atoms with Crippen molar-refractivity contribution >= 4 is 17.5 Å². The molecule has 0 bridgehead atoms. The maximum absolute atomic E-state index is 10.9. The van der Waals surface area contributed by atoms with Crippen LogP contribution in [0.2, 0.25) is 0 Å². The van der Waals surface area contributed by atoms with Crippen molar-refractivity contribution in [1.29, 1.82) is 0 Å². The van der Waals surface area contributed by atoms with Gasteiger partial charge in [-0.05, 0) is 12.1 Å². The molecule has 0 saturated carbocycles. The van der Waals surface area contributed by atoms with Gasteiger partial charge in [0, 0.05) is 25.5 Å². The SMILES string of the molecule is CC(=O)Oc1nccnc1Nc1cccnc1. The van der Waals surface area contributed by atoms with Crippen LogP contribution in [0.1, 0.15) is 6.92 Å². The first kappa shape index (κ1) is 11.0. The van der Waals surface area contributed by atoms with Gasteiger partial charge in [0.1, 0.15) is 0 Å². The fraction of sp³-hybridized carbons (Fsp3) is 0.0909. The molecule has 2 aromatic rings. The van der Waals surface area contributed by atoms with Crippen molar-refractivity contribution < 1.29 is 9.53 Å². The predicted octanol–water partition coefficient (Wildman–Crippen LogP) is 1.54. The number of pyridine rings is 1. The number of ether oxygens (including phenoxy) is 1. The van der Waals surface area contributed by atoms with E-state index in [4.69, 9.17) is 4.74 Å². The van der Waals surface area contributed by atoms with Crippen molar-refractivity contribution in [2.45, 2.75) is 6.92 Å². The van der Waals surface area contributed by atoms with Crippen molar-refractivity contribution in [2.24, 2.45) is 0 Å². The van der Waals surface area contributed by atoms with Gasteiger partial charge in [0.05, 0.1) is 11.9 Å². The first-order valence-corrected chi connectivity index (χ1v) is 4.92. The van der Waals surface area contributed by atoms with E-state index >= 15 is 0 Å². The van der Waals surface area contributed by atoms with Crippen LogP contribution >= 0.6 is 0 Å². The van der Waals surface area contributed by atoms with Crippen LogP contribution in [-0.2, 0) is 4.79 Å². The lowest BCUT2D eigenvalue weighted by Gasteiger charge is -2.08. The number of carbonyl (C=O) groups is 1. The number of nitrogens with one attached hydrogen (secondary N) is 1. The summed E-state index contributed by atoms with van der Waals surface area (Å²) >= 11 is 0. The van der Waals surface area contributed by atoms with E-state index in [1.54, 1.807) is 18.5 Å². The summed E-state index contributed by atoms with van der Waals surface area (Å²) in [5.74, 6) is 0.0688. The lowest BCUT2D eigenvalue weighted by molar-refractivity contribution is -0.132. The minimum Gasteiger partial charge on any atom is -0.404 e. The highest BCUT2D eigenvalue weighted by Crippen LogP contribution is 2.21. The molecule has 0 aliphatic rings. The number of esters is 1. The Bertz CT molecular complexity index is 516. The highest BCUT2D eigenvalue weighted by atomic mass is 16.5. The van der Waals surface area contributed by atoms with E-state index in [1.807, 2.05) is 6.07 Å². The Morgan fingerprint density at radius 2 is 2.12 bits per heavy atom. The summed E-state index contributed by atoms with van der Waals surface area (Å²) in [4.78, 5) is 22.8. The zero-order chi connectivity index (χ0) is 12.1. The van der Waals surface area contributed by atoms with E-state index in [9.17, 15) is 4.79 Å². The van der Waals surface area contributed by atoms with Crippen LogP contribution in [0.4, 0.5) is 11.5 Å². The summed E-state index contributed by atoms with van der Waals surface area (Å²) in [5, 5.41) is 2.96. The smallest absolute Gasteiger partial charge is 0.309 e. The third-order valence-electron chi connectivity index (χ3n) is 1.83. The topological polar surface area (TPSA) is 77.0 Å². The molecule has 0 spiro atoms. The second-order valence-electron chi connectivity index (χ2n) is 3.17. The van der Waals surface area contributed by atoms with Crippen molar-refractivity contribution in [3.05, 3.63) is 36.9 Å². The second kappa shape index (κ2) is 5.02. The molecule has 6 nitrogen and oxygen atoms in total. The summed E-state index contributed by atoms with van der Waals surface area (Å²) in [6.07, 6.45) is 6.25. The highest BCUT2D eigenvalue weighted by molar-refractivity contribution is 5.71. The zero-order valence-corrected chi connectivity index (χ0v) is 9.12. The molecule has 2 aromatic heterocycles. The Kier molecular flexibility index (Phi) is 3.25. The molecule has 0 aromatic carbocycles. The van der Waals surface area contributed by atoms with Gasteiger partial charge in [0.2, 0.25) is 0 Å². The molecule has 2 rings (SSSR count). The average Bonchev–Trinajstić information content (AvgIpc) is 2.32. The normalized spacial score (nSPS) is 9.71. The molecular formula is C11H10N4O2. The highest BCUT2D eigenvalue weighted by Gasteiger charge is 2.08. The fourth-order valence-corrected chi connectivity index (χ4v) is 1.20. The van der Waals surface area contributed by atoms with Crippen LogP contribution in [0.3, 0.4) is 0 Å². The van der Waals surface area contributed by atoms with Gasteiger partial charge < -0.3 is 10.1 Å². The van der Waals surface area contributed by atoms with E-state index in [0.29, 0.717) is 5.82 Å². The van der Waals surface area contributed by atoms with Gasteiger partial charge in [0.25, 0.3) is 5.88 Å². The van der Waals surface area contributed by atoms with E-state index in [1.165, 1.54) is 19.3 Å². The predicted molar refractivity (Wildman–Crippen MR) is 60.9 cm³/mol. The molecule has 0 amide bonds. The van der Waals surface area contributed by atoms with Gasteiger partial charge in [0.15, 0.2) is 5.82 Å². The van der Waals surface area contributed by atoms with Gasteiger partial charge in [-0.15, -0.1) is 0 Å². The van der Waals surface area contributed by atoms with Crippen LogP contribution in [0.15, 0.2) is 36.9 Å². The molecule has 1 N–H and O–H groups in total. The summed E-state index contributed by atoms with van der Waals surface area (Å²) < 4.78 is 4.92. The fourth-order valence-electron chi connectivity index (χ4n) is 1.20. The van der Waals surface area contributed by atoms with Crippen molar-refractivity contribution in [1.82, 2.24) is 15.0 Å². The van der Waals surface area contributed by atoms with Gasteiger partial charge in [-0.2, -0.15) is 0 Å². The van der Waals surface area contributed by atoms with Crippen molar-refractivity contribution in [3.63, 3.8) is 0 Å². The van der Waals surface area contributed by atoms with Gasteiger partial charge >= 0.3 is 5.97 Å². The van der Waals surface area contributed by atoms with Crippen LogP contribution in [0.25, 0.3) is 0 Å². The van der Waals surface area contributed by atoms with Crippen LogP contribution in [0.5, 0.6) is 5.88 Å². The molecular weight excluding hydrogens is 220 g/mol. The van der Waals surface area contributed by atoms with Crippen LogP contribution < -0.4 is 10.1 Å². The van der Waals surface area contributed by atoms with Gasteiger partial charge in [-0.3, -0.25) is 9.78 Å².